The van der Waals surface area contributed by atoms with Gasteiger partial charge in [0.15, 0.2) is 6.29 Å². The van der Waals surface area contributed by atoms with E-state index in [1.807, 2.05) is 0 Å². The van der Waals surface area contributed by atoms with Crippen LogP contribution in [0.1, 0.15) is 219 Å². The molecule has 0 saturated carbocycles. The maximum Gasteiger partial charge on any atom is 0.306 e. The number of aliphatic hydroxyl groups excluding tert-OH is 4. The zero-order chi connectivity index (χ0) is 40.7. The van der Waals surface area contributed by atoms with Gasteiger partial charge in [0.2, 0.25) is 0 Å². The lowest BCUT2D eigenvalue weighted by atomic mass is 9.99. The molecule has 0 radical (unpaired) electrons. The van der Waals surface area contributed by atoms with Crippen molar-refractivity contribution in [2.45, 2.75) is 256 Å². The number of esters is 1. The fraction of sp³-hybridized carbons (Fsp3) is 0.936. The molecule has 6 atom stereocenters. The minimum Gasteiger partial charge on any atom is -0.457 e. The summed E-state index contributed by atoms with van der Waals surface area (Å²) in [7, 11) is 0. The molecule has 0 aliphatic carbocycles. The average Bonchev–Trinajstić information content (AvgIpc) is 3.20. The van der Waals surface area contributed by atoms with E-state index in [0.29, 0.717) is 13.0 Å². The normalized spacial score (nSPS) is 20.6. The summed E-state index contributed by atoms with van der Waals surface area (Å²) in [5.74, 6) is -0.312. The second-order valence-electron chi connectivity index (χ2n) is 16.6. The van der Waals surface area contributed by atoms with Crippen LogP contribution in [0.4, 0.5) is 0 Å². The quantitative estimate of drug-likeness (QED) is 0.0271. The van der Waals surface area contributed by atoms with Gasteiger partial charge in [0.1, 0.15) is 30.5 Å². The first-order valence-electron chi connectivity index (χ1n) is 23.8. The number of carbonyl (C=O) groups excluding carboxylic acids is 1. The lowest BCUT2D eigenvalue weighted by Gasteiger charge is -2.39. The molecule has 0 aromatic carbocycles. The fourth-order valence-electron chi connectivity index (χ4n) is 7.43. The lowest BCUT2D eigenvalue weighted by molar-refractivity contribution is -0.305. The van der Waals surface area contributed by atoms with Crippen molar-refractivity contribution in [2.24, 2.45) is 0 Å². The Kier molecular flexibility index (Phi) is 37.2. The van der Waals surface area contributed by atoms with Crippen molar-refractivity contribution >= 4 is 5.97 Å². The summed E-state index contributed by atoms with van der Waals surface area (Å²) in [4.78, 5) is 12.8. The molecule has 1 heterocycles. The first-order chi connectivity index (χ1) is 27.4. The van der Waals surface area contributed by atoms with Crippen LogP contribution in [-0.2, 0) is 23.7 Å². The van der Waals surface area contributed by atoms with Gasteiger partial charge in [-0.3, -0.25) is 4.79 Å². The molecule has 0 aromatic heterocycles. The second-order valence-corrected chi connectivity index (χ2v) is 16.6. The Labute approximate surface area is 344 Å². The van der Waals surface area contributed by atoms with Gasteiger partial charge in [-0.1, -0.05) is 187 Å². The number of rotatable bonds is 41. The van der Waals surface area contributed by atoms with Crippen LogP contribution in [0.3, 0.4) is 0 Å². The van der Waals surface area contributed by atoms with Gasteiger partial charge in [0, 0.05) is 13.0 Å². The molecule has 1 aliphatic heterocycles. The standard InChI is InChI=1S/C47H90O9/c1-3-5-7-9-11-13-15-17-19-20-21-22-23-24-26-28-30-32-34-36-43(49)55-41(40-54-47-46(52)45(51)44(50)42(38-48)56-47)39-53-37-35-33-31-29-27-25-18-16-14-12-10-8-6-4-2/h17,19,41-42,44-48,50-52H,3-16,18,20-40H2,1-2H3/b19-17-. The molecular formula is C47H90O9. The number of hydrogen-bond acceptors (Lipinski definition) is 9. The Morgan fingerprint density at radius 2 is 0.982 bits per heavy atom. The Hall–Kier alpha value is -1.07. The van der Waals surface area contributed by atoms with Gasteiger partial charge in [-0.05, 0) is 38.5 Å². The maximum absolute atomic E-state index is 12.8. The third-order valence-corrected chi connectivity index (χ3v) is 11.2. The molecule has 332 valence electrons. The largest absolute Gasteiger partial charge is 0.457 e. The van der Waals surface area contributed by atoms with Crippen LogP contribution in [0, 0.1) is 0 Å². The van der Waals surface area contributed by atoms with Crippen molar-refractivity contribution < 1.29 is 44.2 Å². The zero-order valence-electron chi connectivity index (χ0n) is 36.4. The van der Waals surface area contributed by atoms with Gasteiger partial charge in [-0.15, -0.1) is 0 Å². The van der Waals surface area contributed by atoms with Gasteiger partial charge < -0.3 is 39.4 Å². The van der Waals surface area contributed by atoms with Crippen molar-refractivity contribution in [3.63, 3.8) is 0 Å². The summed E-state index contributed by atoms with van der Waals surface area (Å²) >= 11 is 0. The Morgan fingerprint density at radius 3 is 1.45 bits per heavy atom. The number of unbranched alkanes of at least 4 members (excludes halogenated alkanes) is 28. The highest BCUT2D eigenvalue weighted by Gasteiger charge is 2.44. The minimum atomic E-state index is -1.53. The van der Waals surface area contributed by atoms with E-state index >= 15 is 0 Å². The van der Waals surface area contributed by atoms with E-state index in [9.17, 15) is 25.2 Å². The van der Waals surface area contributed by atoms with Crippen molar-refractivity contribution in [1.82, 2.24) is 0 Å². The van der Waals surface area contributed by atoms with E-state index in [-0.39, 0.29) is 19.2 Å². The van der Waals surface area contributed by atoms with Gasteiger partial charge in [-0.2, -0.15) is 0 Å². The minimum absolute atomic E-state index is 0.108. The van der Waals surface area contributed by atoms with E-state index in [0.717, 1.165) is 32.1 Å². The number of hydrogen-bond donors (Lipinski definition) is 4. The smallest absolute Gasteiger partial charge is 0.306 e. The molecule has 0 bridgehead atoms. The first-order valence-corrected chi connectivity index (χ1v) is 23.8. The fourth-order valence-corrected chi connectivity index (χ4v) is 7.43. The van der Waals surface area contributed by atoms with Crippen LogP contribution in [-0.4, -0.2) is 89.6 Å². The Morgan fingerprint density at radius 1 is 0.554 bits per heavy atom. The number of carbonyl (C=O) groups is 1. The Balaban J connectivity index is 2.22. The molecular weight excluding hydrogens is 709 g/mol. The molecule has 1 saturated heterocycles. The van der Waals surface area contributed by atoms with E-state index in [1.54, 1.807) is 0 Å². The molecule has 6 unspecified atom stereocenters. The number of ether oxygens (including phenoxy) is 4. The lowest BCUT2D eigenvalue weighted by Crippen LogP contribution is -2.59. The van der Waals surface area contributed by atoms with Crippen LogP contribution in [0.25, 0.3) is 0 Å². The highest BCUT2D eigenvalue weighted by Crippen LogP contribution is 2.23. The molecule has 4 N–H and O–H groups in total. The van der Waals surface area contributed by atoms with Crippen molar-refractivity contribution in [1.29, 1.82) is 0 Å². The molecule has 1 rings (SSSR count). The topological polar surface area (TPSA) is 135 Å². The molecule has 0 aromatic rings. The average molecular weight is 799 g/mol. The second kappa shape index (κ2) is 39.4. The molecule has 9 nitrogen and oxygen atoms in total. The SMILES string of the molecule is CCCCCCCC/C=C\CCCCCCCCCCCC(=O)OC(COCCCCCCCCCCCCCCCC)COC1OC(CO)C(O)C(O)C1O. The van der Waals surface area contributed by atoms with Crippen LogP contribution in [0.15, 0.2) is 12.2 Å². The summed E-state index contributed by atoms with van der Waals surface area (Å²) < 4.78 is 22.8. The third-order valence-electron chi connectivity index (χ3n) is 11.2. The van der Waals surface area contributed by atoms with Crippen LogP contribution in [0.5, 0.6) is 0 Å². The molecule has 1 aliphatic rings. The van der Waals surface area contributed by atoms with E-state index < -0.39 is 43.4 Å². The summed E-state index contributed by atoms with van der Waals surface area (Å²) in [6.45, 7) is 4.59. The predicted molar refractivity (Wildman–Crippen MR) is 229 cm³/mol. The van der Waals surface area contributed by atoms with Gasteiger partial charge in [0.25, 0.3) is 0 Å². The maximum atomic E-state index is 12.8. The summed E-state index contributed by atoms with van der Waals surface area (Å²) in [5.41, 5.74) is 0. The van der Waals surface area contributed by atoms with Crippen LogP contribution < -0.4 is 0 Å². The highest BCUT2D eigenvalue weighted by molar-refractivity contribution is 5.69. The molecule has 0 spiro atoms. The van der Waals surface area contributed by atoms with Gasteiger partial charge in [0.05, 0.1) is 19.8 Å². The highest BCUT2D eigenvalue weighted by atomic mass is 16.7. The molecule has 0 amide bonds. The summed E-state index contributed by atoms with van der Waals surface area (Å²) in [5, 5.41) is 40.1. The van der Waals surface area contributed by atoms with Crippen molar-refractivity contribution in [3.8, 4) is 0 Å². The van der Waals surface area contributed by atoms with E-state index in [4.69, 9.17) is 18.9 Å². The summed E-state index contributed by atoms with van der Waals surface area (Å²) in [6.07, 6.45) is 36.6. The van der Waals surface area contributed by atoms with Crippen molar-refractivity contribution in [2.75, 3.05) is 26.4 Å². The predicted octanol–water partition coefficient (Wildman–Crippen LogP) is 10.8. The van der Waals surface area contributed by atoms with Crippen LogP contribution in [0.2, 0.25) is 0 Å². The van der Waals surface area contributed by atoms with Crippen molar-refractivity contribution in [3.05, 3.63) is 12.2 Å². The summed E-state index contributed by atoms with van der Waals surface area (Å²) in [6, 6.07) is 0. The van der Waals surface area contributed by atoms with E-state index in [1.165, 1.54) is 167 Å². The van der Waals surface area contributed by atoms with Gasteiger partial charge in [-0.25, -0.2) is 0 Å². The van der Waals surface area contributed by atoms with Crippen LogP contribution >= 0.6 is 0 Å². The Bertz CT molecular complexity index is 869. The number of aliphatic hydroxyl groups is 4. The van der Waals surface area contributed by atoms with E-state index in [2.05, 4.69) is 26.0 Å². The first kappa shape index (κ1) is 52.9. The molecule has 9 heteroatoms. The number of allylic oxidation sites excluding steroid dienone is 2. The third kappa shape index (κ3) is 30.0. The zero-order valence-corrected chi connectivity index (χ0v) is 36.4. The van der Waals surface area contributed by atoms with Gasteiger partial charge >= 0.3 is 5.97 Å². The monoisotopic (exact) mass is 799 g/mol. The molecule has 56 heavy (non-hydrogen) atoms. The molecule has 1 fully saturated rings.